The van der Waals surface area contributed by atoms with Crippen molar-refractivity contribution in [2.75, 3.05) is 19.8 Å². The monoisotopic (exact) mass is 359 g/mol. The maximum Gasteiger partial charge on any atom is 0.331 e. The molecule has 1 amide bonds. The molecule has 2 heterocycles. The number of benzene rings is 1. The molecular weight excluding hydrogens is 342 g/mol. The predicted molar refractivity (Wildman–Crippen MR) is 93.7 cm³/mol. The van der Waals surface area contributed by atoms with Crippen molar-refractivity contribution in [2.24, 2.45) is 0 Å². The van der Waals surface area contributed by atoms with Crippen LogP contribution in [0.5, 0.6) is 11.5 Å². The number of esters is 1. The minimum absolute atomic E-state index is 0.273. The summed E-state index contributed by atoms with van der Waals surface area (Å²) in [5.74, 6) is 0.390. The summed E-state index contributed by atoms with van der Waals surface area (Å²) in [6.07, 6.45) is 2.65. The summed E-state index contributed by atoms with van der Waals surface area (Å²) in [4.78, 5) is 23.3. The lowest BCUT2D eigenvalue weighted by atomic mass is 10.2. The van der Waals surface area contributed by atoms with Gasteiger partial charge in [-0.25, -0.2) is 4.79 Å². The second-order valence-electron chi connectivity index (χ2n) is 5.30. The van der Waals surface area contributed by atoms with Crippen molar-refractivity contribution in [2.45, 2.75) is 6.10 Å². The van der Waals surface area contributed by atoms with Gasteiger partial charge in [-0.15, -0.1) is 0 Å². The number of hydrogen-bond donors (Lipinski definition) is 1. The molecule has 1 aromatic carbocycles. The van der Waals surface area contributed by atoms with Crippen molar-refractivity contribution < 1.29 is 23.8 Å². The van der Waals surface area contributed by atoms with E-state index in [-0.39, 0.29) is 25.2 Å². The molecular formula is C18H17NO5S. The maximum atomic E-state index is 11.8. The van der Waals surface area contributed by atoms with Gasteiger partial charge in [-0.05, 0) is 40.6 Å². The van der Waals surface area contributed by atoms with Crippen molar-refractivity contribution >= 4 is 29.3 Å². The van der Waals surface area contributed by atoms with Gasteiger partial charge in [0.15, 0.2) is 18.1 Å². The van der Waals surface area contributed by atoms with Crippen molar-refractivity contribution in [3.05, 3.63) is 52.7 Å². The van der Waals surface area contributed by atoms with Crippen molar-refractivity contribution in [1.29, 1.82) is 0 Å². The van der Waals surface area contributed by atoms with Crippen LogP contribution in [0.25, 0.3) is 6.08 Å². The smallest absolute Gasteiger partial charge is 0.331 e. The van der Waals surface area contributed by atoms with Crippen LogP contribution in [0.15, 0.2) is 47.2 Å². The van der Waals surface area contributed by atoms with E-state index in [0.717, 1.165) is 5.56 Å². The third kappa shape index (κ3) is 5.09. The van der Waals surface area contributed by atoms with Crippen LogP contribution < -0.4 is 14.8 Å². The lowest BCUT2D eigenvalue weighted by Crippen LogP contribution is -2.42. The Kier molecular flexibility index (Phi) is 5.69. The third-order valence-electron chi connectivity index (χ3n) is 3.39. The molecule has 1 N–H and O–H groups in total. The van der Waals surface area contributed by atoms with Crippen LogP contribution >= 0.6 is 11.3 Å². The molecule has 1 aliphatic heterocycles. The topological polar surface area (TPSA) is 73.9 Å². The van der Waals surface area contributed by atoms with E-state index in [9.17, 15) is 9.59 Å². The van der Waals surface area contributed by atoms with Gasteiger partial charge in [0.1, 0.15) is 12.7 Å². The number of fused-ring (bicyclic) bond motifs is 1. The number of para-hydroxylation sites is 2. The van der Waals surface area contributed by atoms with E-state index >= 15 is 0 Å². The molecule has 0 spiro atoms. The Labute approximate surface area is 149 Å². The van der Waals surface area contributed by atoms with Gasteiger partial charge in [0.25, 0.3) is 5.91 Å². The largest absolute Gasteiger partial charge is 0.486 e. The zero-order valence-corrected chi connectivity index (χ0v) is 14.2. The highest BCUT2D eigenvalue weighted by Gasteiger charge is 2.21. The summed E-state index contributed by atoms with van der Waals surface area (Å²) in [5.41, 5.74) is 0.918. The van der Waals surface area contributed by atoms with Gasteiger partial charge in [-0.1, -0.05) is 12.1 Å². The Morgan fingerprint density at radius 2 is 2.12 bits per heavy atom. The molecule has 3 rings (SSSR count). The summed E-state index contributed by atoms with van der Waals surface area (Å²) in [6.45, 7) is 0.285. The first-order chi connectivity index (χ1) is 12.2. The van der Waals surface area contributed by atoms with Gasteiger partial charge < -0.3 is 19.5 Å². The molecule has 6 nitrogen and oxygen atoms in total. The van der Waals surface area contributed by atoms with Gasteiger partial charge in [-0.2, -0.15) is 11.3 Å². The number of carbonyl (C=O) groups excluding carboxylic acids is 2. The summed E-state index contributed by atoms with van der Waals surface area (Å²) in [5, 5.41) is 6.48. The Hall–Kier alpha value is -2.80. The lowest BCUT2D eigenvalue weighted by molar-refractivity contribution is -0.143. The molecule has 130 valence electrons. The second-order valence-corrected chi connectivity index (χ2v) is 6.08. The predicted octanol–water partition coefficient (Wildman–Crippen LogP) is 2.26. The zero-order chi connectivity index (χ0) is 17.5. The summed E-state index contributed by atoms with van der Waals surface area (Å²) >= 11 is 1.54. The van der Waals surface area contributed by atoms with Gasteiger partial charge in [0.05, 0.1) is 6.54 Å². The Balaban J connectivity index is 1.36. The highest BCUT2D eigenvalue weighted by molar-refractivity contribution is 7.08. The van der Waals surface area contributed by atoms with E-state index in [2.05, 4.69) is 5.32 Å². The highest BCUT2D eigenvalue weighted by Crippen LogP contribution is 2.30. The number of hydrogen-bond acceptors (Lipinski definition) is 6. The molecule has 0 fully saturated rings. The Morgan fingerprint density at radius 1 is 1.28 bits per heavy atom. The quantitative estimate of drug-likeness (QED) is 0.633. The summed E-state index contributed by atoms with van der Waals surface area (Å²) < 4.78 is 16.2. The first-order valence-electron chi connectivity index (χ1n) is 7.73. The number of amides is 1. The zero-order valence-electron chi connectivity index (χ0n) is 13.3. The molecule has 7 heteroatoms. The van der Waals surface area contributed by atoms with Gasteiger partial charge in [-0.3, -0.25) is 4.79 Å². The number of carbonyl (C=O) groups is 2. The van der Waals surface area contributed by atoms with Crippen LogP contribution in [0.4, 0.5) is 0 Å². The van der Waals surface area contributed by atoms with Gasteiger partial charge in [0, 0.05) is 6.08 Å². The number of ether oxygens (including phenoxy) is 3. The van der Waals surface area contributed by atoms with Crippen molar-refractivity contribution in [3.63, 3.8) is 0 Å². The van der Waals surface area contributed by atoms with Gasteiger partial charge in [0.2, 0.25) is 0 Å². The minimum Gasteiger partial charge on any atom is -0.486 e. The average molecular weight is 359 g/mol. The molecule has 0 saturated carbocycles. The molecule has 0 aliphatic carbocycles. The molecule has 2 aromatic rings. The average Bonchev–Trinajstić information content (AvgIpc) is 3.16. The van der Waals surface area contributed by atoms with E-state index in [1.165, 1.54) is 17.4 Å². The van der Waals surface area contributed by atoms with E-state index in [0.29, 0.717) is 18.1 Å². The minimum atomic E-state index is -0.562. The SMILES string of the molecule is O=C(COC(=O)/C=C/c1ccsc1)NCC1COc2ccccc2O1. The fourth-order valence-corrected chi connectivity index (χ4v) is 2.79. The Morgan fingerprint density at radius 3 is 2.92 bits per heavy atom. The molecule has 1 atom stereocenters. The van der Waals surface area contributed by atoms with Crippen molar-refractivity contribution in [1.82, 2.24) is 5.32 Å². The van der Waals surface area contributed by atoms with Crippen LogP contribution in [-0.2, 0) is 14.3 Å². The first-order valence-corrected chi connectivity index (χ1v) is 8.67. The molecule has 1 aromatic heterocycles. The molecule has 0 radical (unpaired) electrons. The maximum absolute atomic E-state index is 11.8. The molecule has 0 saturated heterocycles. The van der Waals surface area contributed by atoms with E-state index in [1.54, 1.807) is 6.08 Å². The van der Waals surface area contributed by atoms with Crippen LogP contribution in [0.2, 0.25) is 0 Å². The number of rotatable bonds is 6. The fourth-order valence-electron chi connectivity index (χ4n) is 2.16. The lowest BCUT2D eigenvalue weighted by Gasteiger charge is -2.26. The van der Waals surface area contributed by atoms with E-state index < -0.39 is 5.97 Å². The number of thiophene rings is 1. The first kappa shape index (κ1) is 17.0. The molecule has 25 heavy (non-hydrogen) atoms. The Bertz CT molecular complexity index is 757. The van der Waals surface area contributed by atoms with Crippen LogP contribution in [-0.4, -0.2) is 37.7 Å². The standard InChI is InChI=1S/C18H17NO5S/c20-17(11-23-18(21)6-5-13-7-8-25-12-13)19-9-14-10-22-15-3-1-2-4-16(15)24-14/h1-8,12,14H,9-11H2,(H,19,20)/b6-5+. The molecule has 1 aliphatic rings. The molecule has 1 unspecified atom stereocenters. The number of nitrogens with one attached hydrogen (secondary N) is 1. The van der Waals surface area contributed by atoms with E-state index in [4.69, 9.17) is 14.2 Å². The highest BCUT2D eigenvalue weighted by atomic mass is 32.1. The normalized spacial score (nSPS) is 15.8. The van der Waals surface area contributed by atoms with E-state index in [1.807, 2.05) is 41.1 Å². The second kappa shape index (κ2) is 8.34. The van der Waals surface area contributed by atoms with Gasteiger partial charge >= 0.3 is 5.97 Å². The fraction of sp³-hybridized carbons (Fsp3) is 0.222. The summed E-state index contributed by atoms with van der Waals surface area (Å²) in [6, 6.07) is 9.24. The van der Waals surface area contributed by atoms with Crippen LogP contribution in [0.1, 0.15) is 5.56 Å². The van der Waals surface area contributed by atoms with Crippen molar-refractivity contribution in [3.8, 4) is 11.5 Å². The van der Waals surface area contributed by atoms with Crippen LogP contribution in [0, 0.1) is 0 Å². The third-order valence-corrected chi connectivity index (χ3v) is 4.10. The van der Waals surface area contributed by atoms with Crippen LogP contribution in [0.3, 0.4) is 0 Å². The molecule has 0 bridgehead atoms. The summed E-state index contributed by atoms with van der Waals surface area (Å²) in [7, 11) is 0.